The summed E-state index contributed by atoms with van der Waals surface area (Å²) in [6.07, 6.45) is 10.3. The quantitative estimate of drug-likeness (QED) is 0.553. The Kier molecular flexibility index (Phi) is 6.69. The molecule has 7 heteroatoms. The Morgan fingerprint density at radius 3 is 2.90 bits per heavy atom. The number of rotatable bonds is 7. The molecule has 0 unspecified atom stereocenters. The van der Waals surface area contributed by atoms with Crippen molar-refractivity contribution in [3.05, 3.63) is 47.6 Å². The lowest BCUT2D eigenvalue weighted by molar-refractivity contribution is 0.414. The third-order valence-corrected chi connectivity index (χ3v) is 7.14. The predicted octanol–water partition coefficient (Wildman–Crippen LogP) is 4.69. The van der Waals surface area contributed by atoms with Gasteiger partial charge < -0.3 is 15.0 Å². The highest BCUT2D eigenvalue weighted by atomic mass is 32.2. The van der Waals surface area contributed by atoms with Crippen LogP contribution in [0.25, 0.3) is 16.3 Å². The van der Waals surface area contributed by atoms with Gasteiger partial charge in [0.15, 0.2) is 0 Å². The average Bonchev–Trinajstić information content (AvgIpc) is 3.21. The molecule has 1 fully saturated rings. The van der Waals surface area contributed by atoms with Gasteiger partial charge in [-0.3, -0.25) is 0 Å². The number of hydrogen-bond donors (Lipinski definition) is 1. The number of ether oxygens (including phenoxy) is 1. The number of nitrogens with one attached hydrogen (secondary N) is 1. The lowest BCUT2D eigenvalue weighted by atomic mass is 10.0. The summed E-state index contributed by atoms with van der Waals surface area (Å²) < 4.78 is 6.61. The number of hydrogen-bond acceptors (Lipinski definition) is 7. The third kappa shape index (κ3) is 4.57. The van der Waals surface area contributed by atoms with Gasteiger partial charge in [-0.05, 0) is 25.2 Å². The van der Waals surface area contributed by atoms with Crippen LogP contribution in [-0.4, -0.2) is 49.0 Å². The highest BCUT2D eigenvalue weighted by Crippen LogP contribution is 2.36. The highest BCUT2D eigenvalue weighted by molar-refractivity contribution is 7.99. The van der Waals surface area contributed by atoms with Crippen LogP contribution < -0.4 is 15.0 Å². The van der Waals surface area contributed by atoms with Gasteiger partial charge in [-0.25, -0.2) is 9.97 Å². The molecule has 1 saturated heterocycles. The zero-order valence-corrected chi connectivity index (χ0v) is 18.4. The Bertz CT molecular complexity index is 980. The monoisotopic (exact) mass is 426 g/mol. The standard InChI is InChI=1S/C22H26N4OS2/c1-27-18-8-4-3-6-16(18)7-5-11-23-17-9-12-26(13-10-17)22-21-20(24-15-25-22)19(28-2)14-29-21/h3-8,14-15,17,23H,9-13H2,1-2H3/b7-5+. The van der Waals surface area contributed by atoms with Gasteiger partial charge in [0.05, 0.1) is 11.8 Å². The number of aromatic nitrogens is 2. The summed E-state index contributed by atoms with van der Waals surface area (Å²) in [6.45, 7) is 2.90. The number of anilines is 1. The molecule has 1 aromatic carbocycles. The number of fused-ring (bicyclic) bond motifs is 1. The fraction of sp³-hybridized carbons (Fsp3) is 0.364. The average molecular weight is 427 g/mol. The predicted molar refractivity (Wildman–Crippen MR) is 124 cm³/mol. The minimum absolute atomic E-state index is 0.538. The van der Waals surface area contributed by atoms with Crippen LogP contribution in [0.4, 0.5) is 5.82 Å². The molecule has 1 aliphatic heterocycles. The van der Waals surface area contributed by atoms with Crippen molar-refractivity contribution in [1.29, 1.82) is 0 Å². The fourth-order valence-electron chi connectivity index (χ4n) is 3.71. The van der Waals surface area contributed by atoms with Crippen LogP contribution in [0, 0.1) is 0 Å². The molecule has 0 saturated carbocycles. The first-order valence-corrected chi connectivity index (χ1v) is 11.9. The first-order chi connectivity index (χ1) is 14.3. The van der Waals surface area contributed by atoms with E-state index in [4.69, 9.17) is 4.74 Å². The first-order valence-electron chi connectivity index (χ1n) is 9.84. The maximum Gasteiger partial charge on any atom is 0.150 e. The zero-order chi connectivity index (χ0) is 20.1. The zero-order valence-electron chi connectivity index (χ0n) is 16.8. The smallest absolute Gasteiger partial charge is 0.150 e. The van der Waals surface area contributed by atoms with E-state index < -0.39 is 0 Å². The number of piperidine rings is 1. The van der Waals surface area contributed by atoms with Crippen molar-refractivity contribution in [2.24, 2.45) is 0 Å². The van der Waals surface area contributed by atoms with E-state index in [9.17, 15) is 0 Å². The van der Waals surface area contributed by atoms with Crippen molar-refractivity contribution in [3.63, 3.8) is 0 Å². The van der Waals surface area contributed by atoms with Crippen molar-refractivity contribution in [2.75, 3.05) is 37.9 Å². The second-order valence-electron chi connectivity index (χ2n) is 6.99. The molecule has 29 heavy (non-hydrogen) atoms. The Morgan fingerprint density at radius 2 is 2.10 bits per heavy atom. The minimum atomic E-state index is 0.538. The Hall–Kier alpha value is -2.09. The number of methoxy groups -OCH3 is 1. The summed E-state index contributed by atoms with van der Waals surface area (Å²) in [4.78, 5) is 12.7. The van der Waals surface area contributed by atoms with E-state index in [1.54, 1.807) is 36.5 Å². The molecule has 152 valence electrons. The maximum atomic E-state index is 5.40. The molecular formula is C22H26N4OS2. The van der Waals surface area contributed by atoms with Crippen molar-refractivity contribution < 1.29 is 4.74 Å². The molecule has 4 rings (SSSR count). The molecule has 0 radical (unpaired) electrons. The summed E-state index contributed by atoms with van der Waals surface area (Å²) in [5, 5.41) is 5.85. The SMILES string of the molecule is COc1ccccc1/C=C/CNC1CCN(c2ncnc3c(SC)csc23)CC1. The molecular weight excluding hydrogens is 400 g/mol. The van der Waals surface area contributed by atoms with Crippen molar-refractivity contribution >= 4 is 45.2 Å². The first kappa shape index (κ1) is 20.2. The van der Waals surface area contributed by atoms with Crippen LogP contribution in [0.1, 0.15) is 18.4 Å². The number of thioether (sulfide) groups is 1. The van der Waals surface area contributed by atoms with E-state index in [0.717, 1.165) is 55.1 Å². The van der Waals surface area contributed by atoms with Gasteiger partial charge in [0.2, 0.25) is 0 Å². The Labute approximate surface area is 180 Å². The van der Waals surface area contributed by atoms with Crippen molar-refractivity contribution in [3.8, 4) is 5.75 Å². The molecule has 0 aliphatic carbocycles. The molecule has 0 amide bonds. The third-order valence-electron chi connectivity index (χ3n) is 5.28. The topological polar surface area (TPSA) is 50.3 Å². The van der Waals surface area contributed by atoms with Crippen molar-refractivity contribution in [1.82, 2.24) is 15.3 Å². The van der Waals surface area contributed by atoms with E-state index in [0.29, 0.717) is 6.04 Å². The lowest BCUT2D eigenvalue weighted by Gasteiger charge is -2.33. The molecule has 3 aromatic rings. The van der Waals surface area contributed by atoms with Gasteiger partial charge in [0.25, 0.3) is 0 Å². The minimum Gasteiger partial charge on any atom is -0.496 e. The largest absolute Gasteiger partial charge is 0.496 e. The van der Waals surface area contributed by atoms with E-state index in [1.807, 2.05) is 18.2 Å². The van der Waals surface area contributed by atoms with Crippen LogP contribution in [-0.2, 0) is 0 Å². The van der Waals surface area contributed by atoms with Gasteiger partial charge in [0.1, 0.15) is 23.4 Å². The molecule has 1 aliphatic rings. The van der Waals surface area contributed by atoms with Gasteiger partial charge in [-0.1, -0.05) is 30.4 Å². The maximum absolute atomic E-state index is 5.40. The van der Waals surface area contributed by atoms with Gasteiger partial charge in [-0.2, -0.15) is 0 Å². The second kappa shape index (κ2) is 9.61. The molecule has 3 heterocycles. The van der Waals surface area contributed by atoms with Crippen LogP contribution in [0.5, 0.6) is 5.75 Å². The molecule has 5 nitrogen and oxygen atoms in total. The van der Waals surface area contributed by atoms with Crippen LogP contribution in [0.3, 0.4) is 0 Å². The number of benzene rings is 1. The molecule has 1 N–H and O–H groups in total. The Morgan fingerprint density at radius 1 is 1.28 bits per heavy atom. The highest BCUT2D eigenvalue weighted by Gasteiger charge is 2.22. The summed E-state index contributed by atoms with van der Waals surface area (Å²) in [7, 11) is 1.71. The summed E-state index contributed by atoms with van der Waals surface area (Å²) in [5.74, 6) is 2.00. The van der Waals surface area contributed by atoms with E-state index in [1.165, 1.54) is 9.60 Å². The van der Waals surface area contributed by atoms with E-state index in [-0.39, 0.29) is 0 Å². The molecule has 0 spiro atoms. The van der Waals surface area contributed by atoms with Gasteiger partial charge in [0, 0.05) is 41.5 Å². The van der Waals surface area contributed by atoms with E-state index >= 15 is 0 Å². The number of thiophene rings is 1. The van der Waals surface area contributed by atoms with Gasteiger partial charge >= 0.3 is 0 Å². The summed E-state index contributed by atoms with van der Waals surface area (Å²) in [6, 6.07) is 8.62. The summed E-state index contributed by atoms with van der Waals surface area (Å²) >= 11 is 3.50. The number of nitrogens with zero attached hydrogens (tertiary/aromatic N) is 3. The summed E-state index contributed by atoms with van der Waals surface area (Å²) in [5.41, 5.74) is 2.20. The number of para-hydroxylation sites is 1. The van der Waals surface area contributed by atoms with Gasteiger partial charge in [-0.15, -0.1) is 23.1 Å². The molecule has 0 bridgehead atoms. The van der Waals surface area contributed by atoms with E-state index in [2.05, 4.69) is 50.0 Å². The van der Waals surface area contributed by atoms with Crippen LogP contribution in [0.15, 0.2) is 46.9 Å². The molecule has 0 atom stereocenters. The second-order valence-corrected chi connectivity index (χ2v) is 8.72. The normalized spacial score (nSPS) is 15.4. The fourth-order valence-corrected chi connectivity index (χ4v) is 5.55. The van der Waals surface area contributed by atoms with Crippen LogP contribution >= 0.6 is 23.1 Å². The van der Waals surface area contributed by atoms with Crippen molar-refractivity contribution in [2.45, 2.75) is 23.8 Å². The Balaban J connectivity index is 1.31. The molecule has 2 aromatic heterocycles. The van der Waals surface area contributed by atoms with Crippen LogP contribution in [0.2, 0.25) is 0 Å². The lowest BCUT2D eigenvalue weighted by Crippen LogP contribution is -2.42.